The lowest BCUT2D eigenvalue weighted by Crippen LogP contribution is -2.41. The summed E-state index contributed by atoms with van der Waals surface area (Å²) in [7, 11) is 3.40. The Morgan fingerprint density at radius 1 is 1.42 bits per heavy atom. The average molecular weight is 349 g/mol. The molecule has 1 fully saturated rings. The summed E-state index contributed by atoms with van der Waals surface area (Å²) >= 11 is 9.56. The Kier molecular flexibility index (Phi) is 4.77. The summed E-state index contributed by atoms with van der Waals surface area (Å²) in [5.74, 6) is 0.752. The highest BCUT2D eigenvalue weighted by atomic mass is 79.9. The minimum Gasteiger partial charge on any atom is -0.495 e. The molecule has 1 aliphatic rings. The van der Waals surface area contributed by atoms with Crippen molar-refractivity contribution in [3.63, 3.8) is 0 Å². The van der Waals surface area contributed by atoms with E-state index in [-0.39, 0.29) is 11.6 Å². The molecule has 1 aromatic carbocycles. The Hall–Kier alpha value is -0.290. The van der Waals surface area contributed by atoms with E-state index in [9.17, 15) is 0 Å². The minimum absolute atomic E-state index is 0.0702. The van der Waals surface area contributed by atoms with Gasteiger partial charge in [-0.3, -0.25) is 0 Å². The minimum atomic E-state index is -0.148. The van der Waals surface area contributed by atoms with E-state index >= 15 is 0 Å². The summed E-state index contributed by atoms with van der Waals surface area (Å²) in [5, 5.41) is 0.651. The third-order valence-electron chi connectivity index (χ3n) is 3.93. The van der Waals surface area contributed by atoms with Crippen molar-refractivity contribution in [3.8, 4) is 5.75 Å². The van der Waals surface area contributed by atoms with Gasteiger partial charge >= 0.3 is 0 Å². The summed E-state index contributed by atoms with van der Waals surface area (Å²) in [5.41, 5.74) is 7.19. The average Bonchev–Trinajstić information content (AvgIpc) is 2.32. The Morgan fingerprint density at radius 2 is 2.11 bits per heavy atom. The number of ether oxygens (including phenoxy) is 2. The molecule has 0 heterocycles. The van der Waals surface area contributed by atoms with Crippen LogP contribution in [0.25, 0.3) is 0 Å². The molecule has 3 nitrogen and oxygen atoms in total. The van der Waals surface area contributed by atoms with Gasteiger partial charge in [0, 0.05) is 23.7 Å². The molecular formula is C14H19BrClNO2. The molecule has 0 amide bonds. The second-order valence-corrected chi connectivity index (χ2v) is 6.35. The first-order chi connectivity index (χ1) is 9.01. The molecule has 2 N–H and O–H groups in total. The molecule has 1 aromatic rings. The van der Waals surface area contributed by atoms with Crippen molar-refractivity contribution < 1.29 is 9.47 Å². The number of hydrogen-bond donors (Lipinski definition) is 1. The molecule has 1 aliphatic carbocycles. The SMILES string of the molecule is COc1c(Br)cc(Cl)cc1C(N)CC1(OC)CCC1. The fraction of sp³-hybridized carbons (Fsp3) is 0.571. The van der Waals surface area contributed by atoms with Crippen LogP contribution in [0.5, 0.6) is 5.75 Å². The number of hydrogen-bond acceptors (Lipinski definition) is 3. The van der Waals surface area contributed by atoms with Crippen LogP contribution < -0.4 is 10.5 Å². The van der Waals surface area contributed by atoms with Crippen molar-refractivity contribution in [1.29, 1.82) is 0 Å². The predicted octanol–water partition coefficient (Wildman–Crippen LogP) is 4.07. The molecule has 0 radical (unpaired) electrons. The molecule has 19 heavy (non-hydrogen) atoms. The molecule has 0 aromatic heterocycles. The first-order valence-electron chi connectivity index (χ1n) is 6.35. The van der Waals surface area contributed by atoms with Crippen molar-refractivity contribution in [2.75, 3.05) is 14.2 Å². The van der Waals surface area contributed by atoms with Crippen LogP contribution >= 0.6 is 27.5 Å². The summed E-state index contributed by atoms with van der Waals surface area (Å²) in [6.07, 6.45) is 4.13. The van der Waals surface area contributed by atoms with Crippen molar-refractivity contribution in [2.45, 2.75) is 37.3 Å². The van der Waals surface area contributed by atoms with Gasteiger partial charge in [-0.1, -0.05) is 11.6 Å². The van der Waals surface area contributed by atoms with Crippen molar-refractivity contribution in [2.24, 2.45) is 5.73 Å². The largest absolute Gasteiger partial charge is 0.495 e. The molecule has 106 valence electrons. The van der Waals surface area contributed by atoms with Gasteiger partial charge in [0.1, 0.15) is 5.75 Å². The number of halogens is 2. The van der Waals surface area contributed by atoms with Crippen molar-refractivity contribution in [3.05, 3.63) is 27.2 Å². The van der Waals surface area contributed by atoms with Crippen LogP contribution in [-0.2, 0) is 4.74 Å². The zero-order chi connectivity index (χ0) is 14.0. The van der Waals surface area contributed by atoms with E-state index in [4.69, 9.17) is 26.8 Å². The maximum absolute atomic E-state index is 6.34. The molecule has 2 rings (SSSR count). The highest BCUT2D eigenvalue weighted by Gasteiger charge is 2.39. The molecule has 5 heteroatoms. The number of benzene rings is 1. The van der Waals surface area contributed by atoms with Gasteiger partial charge in [-0.25, -0.2) is 0 Å². The van der Waals surface area contributed by atoms with E-state index in [0.29, 0.717) is 5.02 Å². The molecular weight excluding hydrogens is 330 g/mol. The van der Waals surface area contributed by atoms with Crippen LogP contribution in [0.2, 0.25) is 5.02 Å². The van der Waals surface area contributed by atoms with Gasteiger partial charge in [-0.15, -0.1) is 0 Å². The molecule has 0 spiro atoms. The van der Waals surface area contributed by atoms with Gasteiger partial charge in [0.15, 0.2) is 0 Å². The Bertz CT molecular complexity index is 457. The summed E-state index contributed by atoms with van der Waals surface area (Å²) in [6, 6.07) is 3.54. The monoisotopic (exact) mass is 347 g/mol. The molecule has 1 unspecified atom stereocenters. The van der Waals surface area contributed by atoms with Gasteiger partial charge in [-0.05, 0) is 53.7 Å². The Labute approximate surface area is 127 Å². The molecule has 0 aliphatic heterocycles. The number of nitrogens with two attached hydrogens (primary N) is 1. The summed E-state index contributed by atoms with van der Waals surface area (Å²) < 4.78 is 11.9. The van der Waals surface area contributed by atoms with Gasteiger partial charge in [-0.2, -0.15) is 0 Å². The van der Waals surface area contributed by atoms with Crippen molar-refractivity contribution >= 4 is 27.5 Å². The smallest absolute Gasteiger partial charge is 0.137 e. The van der Waals surface area contributed by atoms with Crippen molar-refractivity contribution in [1.82, 2.24) is 0 Å². The lowest BCUT2D eigenvalue weighted by atomic mass is 9.75. The van der Waals surface area contributed by atoms with E-state index in [0.717, 1.165) is 35.0 Å². The highest BCUT2D eigenvalue weighted by Crippen LogP contribution is 2.44. The van der Waals surface area contributed by atoms with Crippen LogP contribution in [0.1, 0.15) is 37.3 Å². The molecule has 1 atom stereocenters. The predicted molar refractivity (Wildman–Crippen MR) is 80.8 cm³/mol. The van der Waals surface area contributed by atoms with Gasteiger partial charge in [0.2, 0.25) is 0 Å². The zero-order valence-corrected chi connectivity index (χ0v) is 13.6. The van der Waals surface area contributed by atoms with Gasteiger partial charge in [0.05, 0.1) is 17.2 Å². The summed E-state index contributed by atoms with van der Waals surface area (Å²) in [4.78, 5) is 0. The lowest BCUT2D eigenvalue weighted by Gasteiger charge is -2.42. The van der Waals surface area contributed by atoms with Crippen LogP contribution in [-0.4, -0.2) is 19.8 Å². The highest BCUT2D eigenvalue weighted by molar-refractivity contribution is 9.10. The van der Waals surface area contributed by atoms with Crippen LogP contribution in [0.15, 0.2) is 16.6 Å². The standard InChI is InChI=1S/C14H19BrClNO2/c1-18-13-10(6-9(16)7-11(13)15)12(17)8-14(19-2)4-3-5-14/h6-7,12H,3-5,8,17H2,1-2H3. The van der Waals surface area contributed by atoms with E-state index < -0.39 is 0 Å². The topological polar surface area (TPSA) is 44.5 Å². The number of rotatable bonds is 5. The molecule has 1 saturated carbocycles. The Morgan fingerprint density at radius 3 is 2.58 bits per heavy atom. The maximum Gasteiger partial charge on any atom is 0.137 e. The first-order valence-corrected chi connectivity index (χ1v) is 7.52. The van der Waals surface area contributed by atoms with E-state index in [1.807, 2.05) is 12.1 Å². The quantitative estimate of drug-likeness (QED) is 0.872. The van der Waals surface area contributed by atoms with Gasteiger partial charge in [0.25, 0.3) is 0 Å². The maximum atomic E-state index is 6.34. The normalized spacial score (nSPS) is 18.8. The van der Waals surface area contributed by atoms with Gasteiger partial charge < -0.3 is 15.2 Å². The van der Waals surface area contributed by atoms with Crippen LogP contribution in [0.3, 0.4) is 0 Å². The number of methoxy groups -OCH3 is 2. The summed E-state index contributed by atoms with van der Waals surface area (Å²) in [6.45, 7) is 0. The fourth-order valence-electron chi connectivity index (χ4n) is 2.64. The first kappa shape index (κ1) is 15.1. The Balaban J connectivity index is 2.25. The zero-order valence-electron chi connectivity index (χ0n) is 11.2. The second-order valence-electron chi connectivity index (χ2n) is 5.06. The van der Waals surface area contributed by atoms with Crippen LogP contribution in [0, 0.1) is 0 Å². The third kappa shape index (κ3) is 3.07. The lowest BCUT2D eigenvalue weighted by molar-refractivity contribution is -0.0817. The van der Waals surface area contributed by atoms with E-state index in [1.165, 1.54) is 6.42 Å². The van der Waals surface area contributed by atoms with E-state index in [1.54, 1.807) is 14.2 Å². The fourth-order valence-corrected chi connectivity index (χ4v) is 3.64. The molecule has 0 saturated heterocycles. The third-order valence-corrected chi connectivity index (χ3v) is 4.74. The van der Waals surface area contributed by atoms with Crippen LogP contribution in [0.4, 0.5) is 0 Å². The van der Waals surface area contributed by atoms with E-state index in [2.05, 4.69) is 15.9 Å². The molecule has 0 bridgehead atoms. The second kappa shape index (κ2) is 6.00.